The van der Waals surface area contributed by atoms with Gasteiger partial charge in [0.2, 0.25) is 0 Å². The third kappa shape index (κ3) is 10.5. The fraction of sp³-hybridized carbons (Fsp3) is 0.500. The van der Waals surface area contributed by atoms with Crippen LogP contribution in [0.4, 0.5) is 4.39 Å². The number of rotatable bonds is 3. The fourth-order valence-electron chi connectivity index (χ4n) is 1.81. The summed E-state index contributed by atoms with van der Waals surface area (Å²) in [6.45, 7) is -0.00463. The highest BCUT2D eigenvalue weighted by Crippen LogP contribution is 2.14. The molecule has 7 N–H and O–H groups in total. The highest BCUT2D eigenvalue weighted by atomic mass is 19.1. The normalized spacial score (nSPS) is 15.3. The number of carboxylic acids is 1. The second kappa shape index (κ2) is 12.7. The lowest BCUT2D eigenvalue weighted by Gasteiger charge is -2.15. The molecule has 0 aromatic heterocycles. The standard InChI is InChI=1S/C7H5FO.C6H13N.C3H8N2O2/c8-7-4-2-1-3-6(7)5-9;7-6-4-2-1-3-5-6;4-1-2(5)3(6)7/h1-5H;6H,1-5,7H2;2H,1,4-5H2,(H,6,7). The maximum absolute atomic E-state index is 12.4. The number of carboxylic acid groups (broad SMARTS) is 1. The third-order valence-corrected chi connectivity index (χ3v) is 3.25. The molecule has 0 bridgehead atoms. The summed E-state index contributed by atoms with van der Waals surface area (Å²) < 4.78 is 12.4. The minimum Gasteiger partial charge on any atom is -0.480 e. The summed E-state index contributed by atoms with van der Waals surface area (Å²) in [5.74, 6) is -1.52. The second-order valence-corrected chi connectivity index (χ2v) is 5.22. The topological polar surface area (TPSA) is 132 Å². The minimum atomic E-state index is -1.05. The Labute approximate surface area is 135 Å². The van der Waals surface area contributed by atoms with E-state index in [1.165, 1.54) is 44.2 Å². The van der Waals surface area contributed by atoms with Crippen molar-refractivity contribution in [3.05, 3.63) is 35.6 Å². The summed E-state index contributed by atoms with van der Waals surface area (Å²) >= 11 is 0. The van der Waals surface area contributed by atoms with Gasteiger partial charge in [0, 0.05) is 12.6 Å². The smallest absolute Gasteiger partial charge is 0.321 e. The van der Waals surface area contributed by atoms with Gasteiger partial charge in [-0.05, 0) is 25.0 Å². The van der Waals surface area contributed by atoms with Gasteiger partial charge >= 0.3 is 5.97 Å². The molecule has 0 saturated heterocycles. The molecule has 0 amide bonds. The molecule has 1 atom stereocenters. The van der Waals surface area contributed by atoms with Crippen LogP contribution in [-0.4, -0.2) is 36.0 Å². The van der Waals surface area contributed by atoms with Crippen molar-refractivity contribution in [2.45, 2.75) is 44.2 Å². The number of nitrogens with two attached hydrogens (primary N) is 3. The molecule has 1 aromatic rings. The summed E-state index contributed by atoms with van der Waals surface area (Å²) in [5.41, 5.74) is 15.5. The SMILES string of the molecule is NC1CCCCC1.NCC(N)C(=O)O.O=Cc1ccccc1F. The molecular weight excluding hydrogens is 301 g/mol. The van der Waals surface area contributed by atoms with E-state index < -0.39 is 17.8 Å². The second-order valence-electron chi connectivity index (χ2n) is 5.22. The Morgan fingerprint density at radius 1 is 1.30 bits per heavy atom. The van der Waals surface area contributed by atoms with Crippen molar-refractivity contribution < 1.29 is 19.1 Å². The van der Waals surface area contributed by atoms with Gasteiger partial charge in [-0.15, -0.1) is 0 Å². The van der Waals surface area contributed by atoms with E-state index in [1.807, 2.05) is 0 Å². The van der Waals surface area contributed by atoms with Crippen molar-refractivity contribution in [3.8, 4) is 0 Å². The van der Waals surface area contributed by atoms with Gasteiger partial charge < -0.3 is 22.3 Å². The molecule has 1 aliphatic rings. The maximum atomic E-state index is 12.4. The summed E-state index contributed by atoms with van der Waals surface area (Å²) in [6, 6.07) is 5.48. The zero-order valence-electron chi connectivity index (χ0n) is 13.2. The van der Waals surface area contributed by atoms with Crippen molar-refractivity contribution in [1.82, 2.24) is 0 Å². The number of hydrogen-bond acceptors (Lipinski definition) is 5. The molecule has 1 aromatic carbocycles. The van der Waals surface area contributed by atoms with E-state index in [0.717, 1.165) is 0 Å². The first-order valence-corrected chi connectivity index (χ1v) is 7.56. The first-order valence-electron chi connectivity index (χ1n) is 7.56. The Kier molecular flexibility index (Phi) is 11.7. The van der Waals surface area contributed by atoms with Gasteiger partial charge in [-0.3, -0.25) is 9.59 Å². The van der Waals surface area contributed by atoms with Crippen LogP contribution in [0, 0.1) is 5.82 Å². The lowest BCUT2D eigenvalue weighted by molar-refractivity contribution is -0.138. The Hall–Kier alpha value is -1.83. The van der Waals surface area contributed by atoms with Crippen molar-refractivity contribution in [2.24, 2.45) is 17.2 Å². The highest BCUT2D eigenvalue weighted by Gasteiger charge is 2.06. The zero-order chi connectivity index (χ0) is 17.7. The summed E-state index contributed by atoms with van der Waals surface area (Å²) in [7, 11) is 0. The fourth-order valence-corrected chi connectivity index (χ4v) is 1.81. The molecule has 7 heteroatoms. The molecular formula is C16H26FN3O3. The predicted octanol–water partition coefficient (Wildman–Crippen LogP) is 1.27. The van der Waals surface area contributed by atoms with Crippen LogP contribution in [0.25, 0.3) is 0 Å². The van der Waals surface area contributed by atoms with Crippen molar-refractivity contribution in [2.75, 3.05) is 6.54 Å². The molecule has 1 saturated carbocycles. The van der Waals surface area contributed by atoms with Crippen LogP contribution in [-0.2, 0) is 4.79 Å². The van der Waals surface area contributed by atoms with Crippen LogP contribution in [0.3, 0.4) is 0 Å². The number of carbonyl (C=O) groups excluding carboxylic acids is 1. The van der Waals surface area contributed by atoms with E-state index in [4.69, 9.17) is 22.3 Å². The molecule has 0 aliphatic heterocycles. The maximum Gasteiger partial charge on any atom is 0.321 e. The average molecular weight is 327 g/mol. The van der Waals surface area contributed by atoms with Crippen LogP contribution in [0.5, 0.6) is 0 Å². The molecule has 0 spiro atoms. The first kappa shape index (κ1) is 21.2. The Morgan fingerprint density at radius 2 is 1.87 bits per heavy atom. The number of aliphatic carboxylic acids is 1. The average Bonchev–Trinajstić information content (AvgIpc) is 2.56. The van der Waals surface area contributed by atoms with Crippen LogP contribution >= 0.6 is 0 Å². The molecule has 0 heterocycles. The zero-order valence-corrected chi connectivity index (χ0v) is 13.2. The van der Waals surface area contributed by atoms with Crippen molar-refractivity contribution in [3.63, 3.8) is 0 Å². The molecule has 130 valence electrons. The number of carbonyl (C=O) groups is 2. The first-order chi connectivity index (χ1) is 10.9. The quantitative estimate of drug-likeness (QED) is 0.618. The predicted molar refractivity (Wildman–Crippen MR) is 87.5 cm³/mol. The number of benzene rings is 1. The molecule has 6 nitrogen and oxygen atoms in total. The highest BCUT2D eigenvalue weighted by molar-refractivity contribution is 5.74. The van der Waals surface area contributed by atoms with Gasteiger partial charge in [0.15, 0.2) is 6.29 Å². The van der Waals surface area contributed by atoms with Crippen LogP contribution < -0.4 is 17.2 Å². The van der Waals surface area contributed by atoms with Gasteiger partial charge in [0.1, 0.15) is 11.9 Å². The van der Waals surface area contributed by atoms with E-state index in [0.29, 0.717) is 12.3 Å². The lowest BCUT2D eigenvalue weighted by atomic mass is 9.97. The monoisotopic (exact) mass is 327 g/mol. The van der Waals surface area contributed by atoms with E-state index in [1.54, 1.807) is 12.1 Å². The molecule has 2 rings (SSSR count). The number of hydrogen-bond donors (Lipinski definition) is 4. The van der Waals surface area contributed by atoms with E-state index in [2.05, 4.69) is 0 Å². The van der Waals surface area contributed by atoms with Crippen LogP contribution in [0.15, 0.2) is 24.3 Å². The van der Waals surface area contributed by atoms with E-state index >= 15 is 0 Å². The summed E-state index contributed by atoms with van der Waals surface area (Å²) in [4.78, 5) is 19.7. The van der Waals surface area contributed by atoms with Gasteiger partial charge in [-0.2, -0.15) is 0 Å². The number of halogens is 1. The Morgan fingerprint density at radius 3 is 2.13 bits per heavy atom. The Balaban J connectivity index is 0.000000320. The van der Waals surface area contributed by atoms with Gasteiger partial charge in [-0.25, -0.2) is 4.39 Å². The summed E-state index contributed by atoms with van der Waals surface area (Å²) in [5, 5.41) is 7.98. The molecule has 1 aliphatic carbocycles. The minimum absolute atomic E-state index is 0.00463. The van der Waals surface area contributed by atoms with Crippen LogP contribution in [0.2, 0.25) is 0 Å². The van der Waals surface area contributed by atoms with E-state index in [-0.39, 0.29) is 12.1 Å². The largest absolute Gasteiger partial charge is 0.480 e. The third-order valence-electron chi connectivity index (χ3n) is 3.25. The van der Waals surface area contributed by atoms with Gasteiger partial charge in [0.05, 0.1) is 5.56 Å². The molecule has 1 unspecified atom stereocenters. The summed E-state index contributed by atoms with van der Waals surface area (Å²) in [6.07, 6.45) is 7.16. The van der Waals surface area contributed by atoms with Gasteiger partial charge in [0.25, 0.3) is 0 Å². The van der Waals surface area contributed by atoms with E-state index in [9.17, 15) is 14.0 Å². The Bertz CT molecular complexity index is 466. The van der Waals surface area contributed by atoms with Gasteiger partial charge in [-0.1, -0.05) is 31.4 Å². The van der Waals surface area contributed by atoms with Crippen molar-refractivity contribution >= 4 is 12.3 Å². The molecule has 0 radical (unpaired) electrons. The van der Waals surface area contributed by atoms with Crippen LogP contribution in [0.1, 0.15) is 42.5 Å². The lowest BCUT2D eigenvalue weighted by Crippen LogP contribution is -2.37. The molecule has 1 fully saturated rings. The molecule has 23 heavy (non-hydrogen) atoms. The van der Waals surface area contributed by atoms with Crippen molar-refractivity contribution in [1.29, 1.82) is 0 Å². The number of aldehydes is 1.